The van der Waals surface area contributed by atoms with Gasteiger partial charge in [-0.05, 0) is 70.8 Å². The molecule has 4 rings (SSSR count). The molecule has 0 fully saturated rings. The first kappa shape index (κ1) is 28.1. The van der Waals surface area contributed by atoms with Crippen LogP contribution in [0, 0.1) is 11.6 Å². The Morgan fingerprint density at radius 2 is 1.16 bits per heavy atom. The van der Waals surface area contributed by atoms with Crippen molar-refractivity contribution in [2.24, 2.45) is 0 Å². The number of aliphatic hydroxyl groups excluding tert-OH is 1. The van der Waals surface area contributed by atoms with Crippen LogP contribution in [-0.4, -0.2) is 18.2 Å². The van der Waals surface area contributed by atoms with Crippen molar-refractivity contribution in [1.82, 2.24) is 5.32 Å². The molecule has 0 aromatic heterocycles. The number of hydrogen-bond acceptors (Lipinski definition) is 5. The molecule has 0 saturated carbocycles. The number of hydrogen-bond donors (Lipinski definition) is 2. The van der Waals surface area contributed by atoms with Crippen molar-refractivity contribution < 1.29 is 32.9 Å². The molecule has 0 bridgehead atoms. The highest BCUT2D eigenvalue weighted by Crippen LogP contribution is 2.16. The van der Waals surface area contributed by atoms with Gasteiger partial charge < -0.3 is 24.6 Å². The Labute approximate surface area is 220 Å². The van der Waals surface area contributed by atoms with Crippen molar-refractivity contribution in [3.63, 3.8) is 0 Å². The van der Waals surface area contributed by atoms with E-state index >= 15 is 0 Å². The van der Waals surface area contributed by atoms with E-state index < -0.39 is 6.09 Å². The number of nitrogens with one attached hydrogen (secondary N) is 1. The zero-order valence-corrected chi connectivity index (χ0v) is 20.9. The summed E-state index contributed by atoms with van der Waals surface area (Å²) in [5, 5.41) is 11.3. The summed E-state index contributed by atoms with van der Waals surface area (Å²) in [5.41, 5.74) is 3.25. The van der Waals surface area contributed by atoms with Crippen LogP contribution >= 0.6 is 0 Å². The molecule has 0 saturated heterocycles. The van der Waals surface area contributed by atoms with E-state index in [2.05, 4.69) is 5.32 Å². The van der Waals surface area contributed by atoms with Crippen LogP contribution in [0.25, 0.3) is 0 Å². The number of amides is 1. The lowest BCUT2D eigenvalue weighted by molar-refractivity contribution is 0.142. The van der Waals surface area contributed by atoms with E-state index in [4.69, 9.17) is 19.3 Å². The lowest BCUT2D eigenvalue weighted by Crippen LogP contribution is -2.18. The van der Waals surface area contributed by atoms with Crippen LogP contribution in [0.4, 0.5) is 13.6 Å². The summed E-state index contributed by atoms with van der Waals surface area (Å²) in [4.78, 5) is 11.0. The fraction of sp³-hybridized carbons (Fsp3) is 0.167. The third kappa shape index (κ3) is 9.91. The highest BCUT2D eigenvalue weighted by molar-refractivity contribution is 5.66. The summed E-state index contributed by atoms with van der Waals surface area (Å²) in [6.07, 6.45) is -0.471. The Kier molecular flexibility index (Phi) is 11.1. The lowest BCUT2D eigenvalue weighted by atomic mass is 10.2. The fourth-order valence-electron chi connectivity index (χ4n) is 3.18. The molecule has 0 atom stereocenters. The number of alkyl carbamates (subject to hydrolysis) is 1. The SMILES string of the molecule is CNC(=O)OCc1ccc(OCc2cccc(F)c2)cc1.OCc1ccc(OCc2cccc(F)c2)cc1. The van der Waals surface area contributed by atoms with Crippen molar-refractivity contribution in [3.05, 3.63) is 131 Å². The summed E-state index contributed by atoms with van der Waals surface area (Å²) in [5.74, 6) is 0.828. The predicted octanol–water partition coefficient (Wildman–Crippen LogP) is 6.16. The van der Waals surface area contributed by atoms with Gasteiger partial charge in [-0.3, -0.25) is 0 Å². The van der Waals surface area contributed by atoms with Gasteiger partial charge in [0.2, 0.25) is 0 Å². The topological polar surface area (TPSA) is 77.0 Å². The highest BCUT2D eigenvalue weighted by atomic mass is 19.1. The Morgan fingerprint density at radius 3 is 1.58 bits per heavy atom. The van der Waals surface area contributed by atoms with E-state index in [-0.39, 0.29) is 24.8 Å². The molecule has 0 aliphatic carbocycles. The van der Waals surface area contributed by atoms with Crippen molar-refractivity contribution in [2.45, 2.75) is 26.4 Å². The molecule has 0 aliphatic rings. The van der Waals surface area contributed by atoms with Gasteiger partial charge in [0.25, 0.3) is 0 Å². The van der Waals surface area contributed by atoms with Gasteiger partial charge in [0, 0.05) is 7.05 Å². The molecule has 0 heterocycles. The maximum Gasteiger partial charge on any atom is 0.407 e. The number of benzene rings is 4. The quantitative estimate of drug-likeness (QED) is 0.276. The molecule has 6 nitrogen and oxygen atoms in total. The molecule has 2 N–H and O–H groups in total. The number of carbonyl (C=O) groups excluding carboxylic acids is 1. The van der Waals surface area contributed by atoms with Crippen LogP contribution in [0.1, 0.15) is 22.3 Å². The van der Waals surface area contributed by atoms with E-state index in [0.717, 1.165) is 22.3 Å². The van der Waals surface area contributed by atoms with Crippen LogP contribution in [0.5, 0.6) is 11.5 Å². The first-order valence-electron chi connectivity index (χ1n) is 11.8. The van der Waals surface area contributed by atoms with E-state index in [1.54, 1.807) is 54.6 Å². The van der Waals surface area contributed by atoms with Crippen molar-refractivity contribution in [2.75, 3.05) is 7.05 Å². The molecule has 0 radical (unpaired) electrons. The van der Waals surface area contributed by atoms with Crippen LogP contribution < -0.4 is 14.8 Å². The molecule has 4 aromatic rings. The van der Waals surface area contributed by atoms with E-state index in [1.807, 2.05) is 18.2 Å². The number of halogens is 2. The van der Waals surface area contributed by atoms with Crippen molar-refractivity contribution in [3.8, 4) is 11.5 Å². The number of aliphatic hydroxyl groups is 1. The van der Waals surface area contributed by atoms with Crippen molar-refractivity contribution in [1.29, 1.82) is 0 Å². The van der Waals surface area contributed by atoms with Crippen LogP contribution in [0.2, 0.25) is 0 Å². The predicted molar refractivity (Wildman–Crippen MR) is 140 cm³/mol. The molecule has 198 valence electrons. The maximum absolute atomic E-state index is 13.0. The van der Waals surface area contributed by atoms with Gasteiger partial charge >= 0.3 is 6.09 Å². The Balaban J connectivity index is 0.000000215. The second-order valence-corrected chi connectivity index (χ2v) is 8.11. The minimum Gasteiger partial charge on any atom is -0.489 e. The van der Waals surface area contributed by atoms with Gasteiger partial charge in [-0.15, -0.1) is 0 Å². The van der Waals surface area contributed by atoms with Gasteiger partial charge in [0.05, 0.1) is 6.61 Å². The van der Waals surface area contributed by atoms with Crippen LogP contribution in [0.3, 0.4) is 0 Å². The molecule has 4 aromatic carbocycles. The zero-order valence-electron chi connectivity index (χ0n) is 20.9. The van der Waals surface area contributed by atoms with Gasteiger partial charge in [-0.25, -0.2) is 13.6 Å². The zero-order chi connectivity index (χ0) is 27.2. The summed E-state index contributed by atoms with van der Waals surface area (Å²) in [6, 6.07) is 26.9. The monoisotopic (exact) mass is 521 g/mol. The molecular weight excluding hydrogens is 492 g/mol. The molecule has 8 heteroatoms. The molecule has 38 heavy (non-hydrogen) atoms. The number of ether oxygens (including phenoxy) is 3. The standard InChI is InChI=1S/C16H16FNO3.C14H13FO2/c1-18-16(19)21-10-12-5-7-15(8-6-12)20-11-13-3-2-4-14(17)9-13;15-13-3-1-2-12(8-13)10-17-14-6-4-11(9-16)5-7-14/h2-9H,10-11H2,1H3,(H,18,19);1-8,16H,9-10H2. The summed E-state index contributed by atoms with van der Waals surface area (Å²) in [6.45, 7) is 0.843. The Morgan fingerprint density at radius 1 is 0.684 bits per heavy atom. The second kappa shape index (κ2) is 15.0. The normalized spacial score (nSPS) is 10.1. The van der Waals surface area contributed by atoms with Gasteiger partial charge in [0.15, 0.2) is 0 Å². The average Bonchev–Trinajstić information content (AvgIpc) is 2.95. The highest BCUT2D eigenvalue weighted by Gasteiger charge is 2.02. The molecular formula is C30H29F2NO5. The minimum atomic E-state index is -0.471. The van der Waals surface area contributed by atoms with E-state index in [0.29, 0.717) is 24.7 Å². The fourth-order valence-corrected chi connectivity index (χ4v) is 3.18. The van der Waals surface area contributed by atoms with Gasteiger partial charge in [-0.1, -0.05) is 48.5 Å². The largest absolute Gasteiger partial charge is 0.489 e. The first-order chi connectivity index (χ1) is 18.4. The average molecular weight is 522 g/mol. The third-order valence-corrected chi connectivity index (χ3v) is 5.19. The van der Waals surface area contributed by atoms with Crippen LogP contribution in [0.15, 0.2) is 97.1 Å². The summed E-state index contributed by atoms with van der Waals surface area (Å²) in [7, 11) is 1.51. The first-order valence-corrected chi connectivity index (χ1v) is 11.8. The molecule has 1 amide bonds. The maximum atomic E-state index is 13.0. The molecule has 0 spiro atoms. The Bertz CT molecular complexity index is 1280. The smallest absolute Gasteiger partial charge is 0.407 e. The summed E-state index contributed by atoms with van der Waals surface area (Å²) < 4.78 is 41.9. The van der Waals surface area contributed by atoms with Crippen LogP contribution in [-0.2, 0) is 31.2 Å². The van der Waals surface area contributed by atoms with Gasteiger partial charge in [0.1, 0.15) is 43.0 Å². The summed E-state index contributed by atoms with van der Waals surface area (Å²) >= 11 is 0. The number of rotatable bonds is 9. The molecule has 0 unspecified atom stereocenters. The minimum absolute atomic E-state index is 0.0180. The van der Waals surface area contributed by atoms with E-state index in [9.17, 15) is 13.6 Å². The Hall–Kier alpha value is -4.43. The molecule has 0 aliphatic heterocycles. The third-order valence-electron chi connectivity index (χ3n) is 5.19. The van der Waals surface area contributed by atoms with Gasteiger partial charge in [-0.2, -0.15) is 0 Å². The van der Waals surface area contributed by atoms with E-state index in [1.165, 1.54) is 31.3 Å². The van der Waals surface area contributed by atoms with Crippen molar-refractivity contribution >= 4 is 6.09 Å². The number of carbonyl (C=O) groups is 1. The second-order valence-electron chi connectivity index (χ2n) is 8.11. The lowest BCUT2D eigenvalue weighted by Gasteiger charge is -2.08.